The minimum absolute atomic E-state index is 0.402. The summed E-state index contributed by atoms with van der Waals surface area (Å²) < 4.78 is 3.14. The molecule has 0 aromatic carbocycles. The zero-order valence-corrected chi connectivity index (χ0v) is 12.4. The lowest BCUT2D eigenvalue weighted by molar-refractivity contribution is 0.542. The Morgan fingerprint density at radius 1 is 1.53 bits per heavy atom. The summed E-state index contributed by atoms with van der Waals surface area (Å²) >= 11 is 5.39. The van der Waals surface area contributed by atoms with Gasteiger partial charge in [0.15, 0.2) is 0 Å². The van der Waals surface area contributed by atoms with Crippen molar-refractivity contribution in [2.75, 3.05) is 7.05 Å². The molecule has 0 saturated heterocycles. The van der Waals surface area contributed by atoms with Crippen LogP contribution in [0.2, 0.25) is 0 Å². The topological polar surface area (TPSA) is 29.9 Å². The third kappa shape index (κ3) is 2.97. The number of thiophene rings is 1. The molecule has 0 amide bonds. The molecule has 0 spiro atoms. The van der Waals surface area contributed by atoms with E-state index in [1.165, 1.54) is 15.0 Å². The lowest BCUT2D eigenvalue weighted by Crippen LogP contribution is -2.17. The van der Waals surface area contributed by atoms with Gasteiger partial charge >= 0.3 is 0 Å². The molecule has 0 fully saturated rings. The average Bonchev–Trinajstić information content (AvgIpc) is 2.90. The van der Waals surface area contributed by atoms with E-state index in [9.17, 15) is 0 Å². The summed E-state index contributed by atoms with van der Waals surface area (Å²) in [6.45, 7) is 0. The van der Waals surface area contributed by atoms with Crippen molar-refractivity contribution in [1.29, 1.82) is 0 Å². The maximum atomic E-state index is 4.19. The summed E-state index contributed by atoms with van der Waals surface area (Å²) in [5, 5.41) is 9.69. The fourth-order valence-electron chi connectivity index (χ4n) is 1.90. The van der Waals surface area contributed by atoms with Crippen molar-refractivity contribution in [2.24, 2.45) is 7.05 Å². The van der Waals surface area contributed by atoms with Crippen molar-refractivity contribution in [3.63, 3.8) is 0 Å². The van der Waals surface area contributed by atoms with E-state index in [-0.39, 0.29) is 0 Å². The van der Waals surface area contributed by atoms with Crippen LogP contribution in [0.5, 0.6) is 0 Å². The van der Waals surface area contributed by atoms with E-state index in [1.807, 2.05) is 25.0 Å². The van der Waals surface area contributed by atoms with Crippen molar-refractivity contribution >= 4 is 27.3 Å². The smallest absolute Gasteiger partial charge is 0.0492 e. The Balaban J connectivity index is 2.02. The first-order chi connectivity index (χ1) is 8.22. The lowest BCUT2D eigenvalue weighted by atomic mass is 10.1. The fourth-order valence-corrected chi connectivity index (χ4v) is 3.69. The molecule has 1 unspecified atom stereocenters. The van der Waals surface area contributed by atoms with Crippen LogP contribution < -0.4 is 5.32 Å². The SMILES string of the molecule is CNC(CCc1ccnn1C)c1sccc1Br. The van der Waals surface area contributed by atoms with Gasteiger partial charge in [-0.3, -0.25) is 4.68 Å². The minimum Gasteiger partial charge on any atom is -0.312 e. The normalized spacial score (nSPS) is 12.9. The van der Waals surface area contributed by atoms with Crippen molar-refractivity contribution in [2.45, 2.75) is 18.9 Å². The fraction of sp³-hybridized carbons (Fsp3) is 0.417. The number of aromatic nitrogens is 2. The quantitative estimate of drug-likeness (QED) is 0.919. The van der Waals surface area contributed by atoms with Gasteiger partial charge in [-0.25, -0.2) is 0 Å². The molecule has 3 nitrogen and oxygen atoms in total. The molecule has 2 heterocycles. The zero-order chi connectivity index (χ0) is 12.3. The highest BCUT2D eigenvalue weighted by atomic mass is 79.9. The van der Waals surface area contributed by atoms with Gasteiger partial charge in [0.25, 0.3) is 0 Å². The highest BCUT2D eigenvalue weighted by molar-refractivity contribution is 9.10. The second-order valence-electron chi connectivity index (χ2n) is 3.96. The molecule has 0 aliphatic carbocycles. The Morgan fingerprint density at radius 2 is 2.35 bits per heavy atom. The van der Waals surface area contributed by atoms with Gasteiger partial charge in [0.1, 0.15) is 0 Å². The lowest BCUT2D eigenvalue weighted by Gasteiger charge is -2.15. The first-order valence-corrected chi connectivity index (χ1v) is 7.26. The van der Waals surface area contributed by atoms with E-state index in [1.54, 1.807) is 11.3 Å². The van der Waals surface area contributed by atoms with E-state index in [0.29, 0.717) is 6.04 Å². The van der Waals surface area contributed by atoms with Gasteiger partial charge < -0.3 is 5.32 Å². The monoisotopic (exact) mass is 313 g/mol. The summed E-state index contributed by atoms with van der Waals surface area (Å²) in [6.07, 6.45) is 3.96. The molecular formula is C12H16BrN3S. The average molecular weight is 314 g/mol. The standard InChI is InChI=1S/C12H16BrN3S/c1-14-11(12-10(13)6-8-17-12)4-3-9-5-7-15-16(9)2/h5-8,11,14H,3-4H2,1-2H3. The molecular weight excluding hydrogens is 298 g/mol. The Kier molecular flexibility index (Phi) is 4.36. The molecule has 0 radical (unpaired) electrons. The van der Waals surface area contributed by atoms with Crippen LogP contribution >= 0.6 is 27.3 Å². The van der Waals surface area contributed by atoms with Gasteiger partial charge in [0.05, 0.1) is 0 Å². The first kappa shape index (κ1) is 12.8. The molecule has 92 valence electrons. The minimum atomic E-state index is 0.402. The number of nitrogens with zero attached hydrogens (tertiary/aromatic N) is 2. The highest BCUT2D eigenvalue weighted by Gasteiger charge is 2.14. The van der Waals surface area contributed by atoms with Crippen LogP contribution in [0.4, 0.5) is 0 Å². The molecule has 1 atom stereocenters. The van der Waals surface area contributed by atoms with Crippen LogP contribution in [-0.2, 0) is 13.5 Å². The molecule has 2 aromatic heterocycles. The van der Waals surface area contributed by atoms with Crippen LogP contribution in [0.15, 0.2) is 28.2 Å². The van der Waals surface area contributed by atoms with E-state index >= 15 is 0 Å². The molecule has 0 aliphatic heterocycles. The number of hydrogen-bond acceptors (Lipinski definition) is 3. The summed E-state index contributed by atoms with van der Waals surface area (Å²) in [6, 6.07) is 4.59. The molecule has 1 N–H and O–H groups in total. The Morgan fingerprint density at radius 3 is 2.88 bits per heavy atom. The van der Waals surface area contributed by atoms with Crippen LogP contribution in [0.25, 0.3) is 0 Å². The van der Waals surface area contributed by atoms with Crippen molar-refractivity contribution in [3.8, 4) is 0 Å². The highest BCUT2D eigenvalue weighted by Crippen LogP contribution is 2.31. The van der Waals surface area contributed by atoms with Crippen molar-refractivity contribution in [1.82, 2.24) is 15.1 Å². The summed E-state index contributed by atoms with van der Waals surface area (Å²) in [5.41, 5.74) is 1.28. The van der Waals surface area contributed by atoms with Crippen molar-refractivity contribution < 1.29 is 0 Å². The van der Waals surface area contributed by atoms with Crippen LogP contribution in [0.3, 0.4) is 0 Å². The molecule has 0 saturated carbocycles. The summed E-state index contributed by atoms with van der Waals surface area (Å²) in [4.78, 5) is 1.37. The van der Waals surface area contributed by atoms with Crippen LogP contribution in [0.1, 0.15) is 23.0 Å². The number of halogens is 1. The molecule has 0 aliphatic rings. The largest absolute Gasteiger partial charge is 0.312 e. The van der Waals surface area contributed by atoms with Gasteiger partial charge in [-0.15, -0.1) is 11.3 Å². The Labute approximate surface area is 114 Å². The van der Waals surface area contributed by atoms with Gasteiger partial charge in [0.2, 0.25) is 0 Å². The van der Waals surface area contributed by atoms with E-state index in [4.69, 9.17) is 0 Å². The van der Waals surface area contributed by atoms with Gasteiger partial charge in [-0.2, -0.15) is 5.10 Å². The zero-order valence-electron chi connectivity index (χ0n) is 9.98. The van der Waals surface area contributed by atoms with Gasteiger partial charge in [-0.05, 0) is 53.3 Å². The second kappa shape index (κ2) is 5.80. The van der Waals surface area contributed by atoms with Gasteiger partial charge in [-0.1, -0.05) is 0 Å². The van der Waals surface area contributed by atoms with Crippen LogP contribution in [-0.4, -0.2) is 16.8 Å². The predicted octanol–water partition coefficient (Wildman–Crippen LogP) is 3.14. The van der Waals surface area contributed by atoms with Crippen LogP contribution in [0, 0.1) is 0 Å². The number of hydrogen-bond donors (Lipinski definition) is 1. The maximum Gasteiger partial charge on any atom is 0.0492 e. The molecule has 2 rings (SSSR count). The van der Waals surface area contributed by atoms with Gasteiger partial charge in [0, 0.05) is 34.3 Å². The molecule has 5 heteroatoms. The number of rotatable bonds is 5. The molecule has 2 aromatic rings. The Bertz CT molecular complexity index is 478. The third-order valence-electron chi connectivity index (χ3n) is 2.92. The number of nitrogens with one attached hydrogen (secondary N) is 1. The molecule has 17 heavy (non-hydrogen) atoms. The predicted molar refractivity (Wildman–Crippen MR) is 75.3 cm³/mol. The van der Waals surface area contributed by atoms with Crippen molar-refractivity contribution in [3.05, 3.63) is 38.8 Å². The van der Waals surface area contributed by atoms with E-state index in [2.05, 4.69) is 43.9 Å². The first-order valence-electron chi connectivity index (χ1n) is 5.59. The van der Waals surface area contributed by atoms with E-state index < -0.39 is 0 Å². The maximum absolute atomic E-state index is 4.19. The number of aryl methyl sites for hydroxylation is 2. The molecule has 0 bridgehead atoms. The summed E-state index contributed by atoms with van der Waals surface area (Å²) in [5.74, 6) is 0. The summed E-state index contributed by atoms with van der Waals surface area (Å²) in [7, 11) is 4.00. The third-order valence-corrected chi connectivity index (χ3v) is 4.91. The Hall–Kier alpha value is -0.650. The second-order valence-corrected chi connectivity index (χ2v) is 5.76. The van der Waals surface area contributed by atoms with E-state index in [0.717, 1.165) is 12.8 Å².